The highest BCUT2D eigenvalue weighted by Crippen LogP contribution is 2.35. The van der Waals surface area contributed by atoms with Crippen molar-refractivity contribution in [1.82, 2.24) is 14.8 Å². The van der Waals surface area contributed by atoms with E-state index in [0.29, 0.717) is 17.5 Å². The molecule has 0 atom stereocenters. The molecule has 1 aromatic heterocycles. The van der Waals surface area contributed by atoms with Crippen LogP contribution in [0.1, 0.15) is 49.0 Å². The first kappa shape index (κ1) is 28.0. The fourth-order valence-electron chi connectivity index (χ4n) is 5.35. The van der Waals surface area contributed by atoms with E-state index in [1.807, 2.05) is 36.4 Å². The van der Waals surface area contributed by atoms with Gasteiger partial charge in [-0.25, -0.2) is 4.79 Å². The van der Waals surface area contributed by atoms with Crippen LogP contribution >= 0.6 is 0 Å². The van der Waals surface area contributed by atoms with Crippen LogP contribution in [0.5, 0.6) is 11.5 Å². The van der Waals surface area contributed by atoms with Crippen molar-refractivity contribution in [2.24, 2.45) is 5.73 Å². The van der Waals surface area contributed by atoms with Crippen LogP contribution in [0.2, 0.25) is 0 Å². The average molecular weight is 523 g/mol. The number of ether oxygens (including phenoxy) is 2. The maximum absolute atomic E-state index is 11.1. The molecule has 0 bridgehead atoms. The average Bonchev–Trinajstić information content (AvgIpc) is 3.22. The zero-order chi connectivity index (χ0) is 26.9. The van der Waals surface area contributed by atoms with E-state index in [0.717, 1.165) is 22.0 Å². The van der Waals surface area contributed by atoms with Gasteiger partial charge in [0.1, 0.15) is 5.69 Å². The third-order valence-corrected chi connectivity index (χ3v) is 7.65. The van der Waals surface area contributed by atoms with Crippen LogP contribution in [0.25, 0.3) is 22.0 Å². The van der Waals surface area contributed by atoms with Crippen molar-refractivity contribution in [2.45, 2.75) is 44.6 Å². The number of aromatic carboxylic acids is 1. The number of benzene rings is 2. The van der Waals surface area contributed by atoms with Crippen LogP contribution in [0.15, 0.2) is 42.5 Å². The van der Waals surface area contributed by atoms with Crippen LogP contribution < -0.4 is 15.2 Å². The lowest BCUT2D eigenvalue weighted by Crippen LogP contribution is -2.43. The first-order valence-corrected chi connectivity index (χ1v) is 13.8. The molecule has 0 amide bonds. The molecule has 2 aliphatic heterocycles. The van der Waals surface area contributed by atoms with E-state index in [-0.39, 0.29) is 5.69 Å². The molecule has 2 aromatic carbocycles. The van der Waals surface area contributed by atoms with Gasteiger partial charge in [0, 0.05) is 30.0 Å². The Kier molecular flexibility index (Phi) is 10.0. The standard InChI is InChI=1S/C17H15NO4.C13H27N3/c1-21-15-7-6-10(8-16(15)22-2)11-4-3-5-13-12(11)9-14(18-13)17(19)20;14-13-5-9-16(10-6-13)12-11-15-7-3-1-2-4-8-15/h3-9,18H,1-2H3,(H,19,20);13H,1-12,14H2. The van der Waals surface area contributed by atoms with Gasteiger partial charge >= 0.3 is 5.97 Å². The normalized spacial score (nSPS) is 17.4. The quantitative estimate of drug-likeness (QED) is 0.408. The summed E-state index contributed by atoms with van der Waals surface area (Å²) in [5, 5.41) is 9.98. The van der Waals surface area contributed by atoms with Crippen molar-refractivity contribution < 1.29 is 19.4 Å². The molecule has 3 aromatic rings. The van der Waals surface area contributed by atoms with Crippen molar-refractivity contribution in [2.75, 3.05) is 53.5 Å². The van der Waals surface area contributed by atoms with Crippen molar-refractivity contribution in [3.05, 3.63) is 48.2 Å². The van der Waals surface area contributed by atoms with Crippen molar-refractivity contribution in [3.8, 4) is 22.6 Å². The molecule has 206 valence electrons. The monoisotopic (exact) mass is 522 g/mol. The third-order valence-electron chi connectivity index (χ3n) is 7.65. The number of H-pyrrole nitrogens is 1. The minimum Gasteiger partial charge on any atom is -0.493 e. The van der Waals surface area contributed by atoms with Crippen LogP contribution in [-0.4, -0.2) is 85.4 Å². The summed E-state index contributed by atoms with van der Waals surface area (Å²) in [6.45, 7) is 7.62. The molecule has 0 aliphatic carbocycles. The molecule has 4 N–H and O–H groups in total. The van der Waals surface area contributed by atoms with Gasteiger partial charge in [0.2, 0.25) is 0 Å². The zero-order valence-corrected chi connectivity index (χ0v) is 22.7. The molecule has 0 radical (unpaired) electrons. The second-order valence-corrected chi connectivity index (χ2v) is 10.3. The number of carbonyl (C=O) groups is 1. The molecular formula is C30H42N4O4. The number of hydrogen-bond acceptors (Lipinski definition) is 6. The van der Waals surface area contributed by atoms with Gasteiger partial charge in [-0.05, 0) is 87.3 Å². The van der Waals surface area contributed by atoms with Gasteiger partial charge in [0.25, 0.3) is 0 Å². The van der Waals surface area contributed by atoms with Crippen molar-refractivity contribution >= 4 is 16.9 Å². The zero-order valence-electron chi connectivity index (χ0n) is 22.7. The van der Waals surface area contributed by atoms with E-state index in [4.69, 9.17) is 20.3 Å². The topological polar surface area (TPSA) is 104 Å². The summed E-state index contributed by atoms with van der Waals surface area (Å²) in [7, 11) is 3.17. The molecule has 0 spiro atoms. The van der Waals surface area contributed by atoms with E-state index in [2.05, 4.69) is 14.8 Å². The summed E-state index contributed by atoms with van der Waals surface area (Å²) in [6.07, 6.45) is 8.08. The highest BCUT2D eigenvalue weighted by Gasteiger charge is 2.17. The van der Waals surface area contributed by atoms with Gasteiger partial charge in [-0.3, -0.25) is 0 Å². The molecule has 5 rings (SSSR count). The maximum Gasteiger partial charge on any atom is 0.352 e. The van der Waals surface area contributed by atoms with E-state index < -0.39 is 5.97 Å². The molecule has 0 saturated carbocycles. The minimum absolute atomic E-state index is 0.169. The number of nitrogens with one attached hydrogen (secondary N) is 1. The van der Waals surface area contributed by atoms with Crippen LogP contribution in [-0.2, 0) is 0 Å². The SMILES string of the molecule is COc1ccc(-c2cccc3[nH]c(C(=O)O)cc23)cc1OC.NC1CCN(CCN2CCCCCC2)CC1. The van der Waals surface area contributed by atoms with Gasteiger partial charge in [0.05, 0.1) is 14.2 Å². The summed E-state index contributed by atoms with van der Waals surface area (Å²) < 4.78 is 10.6. The van der Waals surface area contributed by atoms with Crippen LogP contribution in [0.4, 0.5) is 0 Å². The molecule has 8 heteroatoms. The fraction of sp³-hybridized carbons (Fsp3) is 0.500. The Labute approximate surface area is 225 Å². The highest BCUT2D eigenvalue weighted by atomic mass is 16.5. The molecule has 2 fully saturated rings. The number of carboxylic acids is 1. The molecule has 3 heterocycles. The number of rotatable bonds is 7. The lowest BCUT2D eigenvalue weighted by atomic mass is 10.0. The Balaban J connectivity index is 0.000000186. The van der Waals surface area contributed by atoms with Gasteiger partial charge in [-0.2, -0.15) is 0 Å². The fourth-order valence-corrected chi connectivity index (χ4v) is 5.35. The summed E-state index contributed by atoms with van der Waals surface area (Å²) in [5.74, 6) is 0.305. The number of likely N-dealkylation sites (tertiary alicyclic amines) is 2. The number of nitrogens with two attached hydrogens (primary N) is 1. The molecule has 38 heavy (non-hydrogen) atoms. The Bertz CT molecular complexity index is 1180. The Morgan fingerprint density at radius 3 is 2.21 bits per heavy atom. The Morgan fingerprint density at radius 1 is 0.921 bits per heavy atom. The molecule has 8 nitrogen and oxygen atoms in total. The second-order valence-electron chi connectivity index (χ2n) is 10.3. The van der Waals surface area contributed by atoms with Crippen LogP contribution in [0.3, 0.4) is 0 Å². The summed E-state index contributed by atoms with van der Waals surface area (Å²) in [6, 6.07) is 13.4. The summed E-state index contributed by atoms with van der Waals surface area (Å²) in [5.41, 5.74) is 8.73. The number of fused-ring (bicyclic) bond motifs is 1. The number of carboxylic acid groups (broad SMARTS) is 1. The van der Waals surface area contributed by atoms with Crippen molar-refractivity contribution in [3.63, 3.8) is 0 Å². The first-order valence-electron chi connectivity index (χ1n) is 13.8. The molecular weight excluding hydrogens is 480 g/mol. The lowest BCUT2D eigenvalue weighted by molar-refractivity contribution is 0.0691. The van der Waals surface area contributed by atoms with E-state index >= 15 is 0 Å². The molecule has 0 unspecified atom stereocenters. The maximum atomic E-state index is 11.1. The van der Waals surface area contributed by atoms with Gasteiger partial charge in [-0.15, -0.1) is 0 Å². The second kappa shape index (κ2) is 13.6. The van der Waals surface area contributed by atoms with Gasteiger partial charge in [0.15, 0.2) is 11.5 Å². The molecule has 2 aliphatic rings. The smallest absolute Gasteiger partial charge is 0.352 e. The first-order chi connectivity index (χ1) is 18.5. The number of aromatic nitrogens is 1. The predicted octanol–water partition coefficient (Wildman–Crippen LogP) is 4.84. The lowest BCUT2D eigenvalue weighted by Gasteiger charge is -2.32. The van der Waals surface area contributed by atoms with E-state index in [1.165, 1.54) is 77.8 Å². The summed E-state index contributed by atoms with van der Waals surface area (Å²) >= 11 is 0. The number of methoxy groups -OCH3 is 2. The minimum atomic E-state index is -0.977. The predicted molar refractivity (Wildman–Crippen MR) is 152 cm³/mol. The molecule has 2 saturated heterocycles. The number of nitrogens with zero attached hydrogens (tertiary/aromatic N) is 2. The summed E-state index contributed by atoms with van der Waals surface area (Å²) in [4.78, 5) is 19.3. The highest BCUT2D eigenvalue weighted by molar-refractivity contribution is 6.01. The van der Waals surface area contributed by atoms with Crippen LogP contribution in [0, 0.1) is 0 Å². The number of piperidine rings is 1. The van der Waals surface area contributed by atoms with Gasteiger partial charge in [-0.1, -0.05) is 31.0 Å². The largest absolute Gasteiger partial charge is 0.493 e. The number of hydrogen-bond donors (Lipinski definition) is 3. The van der Waals surface area contributed by atoms with E-state index in [1.54, 1.807) is 20.3 Å². The van der Waals surface area contributed by atoms with E-state index in [9.17, 15) is 4.79 Å². The third kappa shape index (κ3) is 7.28. The number of aromatic amines is 1. The van der Waals surface area contributed by atoms with Gasteiger partial charge < -0.3 is 35.1 Å². The Morgan fingerprint density at radius 2 is 1.58 bits per heavy atom. The Hall–Kier alpha value is -3.07. The van der Waals surface area contributed by atoms with Crippen molar-refractivity contribution in [1.29, 1.82) is 0 Å².